The summed E-state index contributed by atoms with van der Waals surface area (Å²) in [4.78, 5) is 15.6. The minimum absolute atomic E-state index is 0.0113. The lowest BCUT2D eigenvalue weighted by Gasteiger charge is -2.25. The maximum Gasteiger partial charge on any atom is 0.243 e. The van der Waals surface area contributed by atoms with Gasteiger partial charge in [-0.2, -0.15) is 0 Å². The third-order valence-electron chi connectivity index (χ3n) is 2.43. The van der Waals surface area contributed by atoms with Crippen molar-refractivity contribution < 1.29 is 4.79 Å². The molecule has 1 fully saturated rings. The van der Waals surface area contributed by atoms with Crippen molar-refractivity contribution in [3.8, 4) is 0 Å². The SMILES string of the molecule is CCn1ccnc1NC(=O)C1CCN1. The van der Waals surface area contributed by atoms with Crippen molar-refractivity contribution in [2.75, 3.05) is 11.9 Å². The van der Waals surface area contributed by atoms with Crippen molar-refractivity contribution in [3.63, 3.8) is 0 Å². The first kappa shape index (κ1) is 9.21. The maximum absolute atomic E-state index is 11.5. The maximum atomic E-state index is 11.5. The van der Waals surface area contributed by atoms with Gasteiger partial charge < -0.3 is 9.88 Å². The van der Waals surface area contributed by atoms with E-state index in [1.165, 1.54) is 0 Å². The van der Waals surface area contributed by atoms with Gasteiger partial charge in [0.25, 0.3) is 0 Å². The number of amides is 1. The van der Waals surface area contributed by atoms with Gasteiger partial charge in [-0.05, 0) is 19.9 Å². The summed E-state index contributed by atoms with van der Waals surface area (Å²) in [5.74, 6) is 0.642. The largest absolute Gasteiger partial charge is 0.317 e. The Morgan fingerprint density at radius 3 is 3.21 bits per heavy atom. The molecule has 5 heteroatoms. The molecule has 1 aromatic rings. The minimum atomic E-state index is -0.0305. The lowest BCUT2D eigenvalue weighted by molar-refractivity contribution is -0.119. The molecule has 2 N–H and O–H groups in total. The Bertz CT molecular complexity index is 329. The number of imidazole rings is 1. The van der Waals surface area contributed by atoms with Crippen molar-refractivity contribution in [1.82, 2.24) is 14.9 Å². The van der Waals surface area contributed by atoms with E-state index >= 15 is 0 Å². The van der Waals surface area contributed by atoms with Gasteiger partial charge in [0, 0.05) is 18.9 Å². The van der Waals surface area contributed by atoms with Crippen molar-refractivity contribution in [2.24, 2.45) is 0 Å². The Labute approximate surface area is 82.5 Å². The van der Waals surface area contributed by atoms with Crippen LogP contribution in [-0.4, -0.2) is 28.0 Å². The number of rotatable bonds is 3. The van der Waals surface area contributed by atoms with Crippen LogP contribution in [-0.2, 0) is 11.3 Å². The first-order chi connectivity index (χ1) is 6.81. The highest BCUT2D eigenvalue weighted by Crippen LogP contribution is 2.08. The normalized spacial score (nSPS) is 20.2. The van der Waals surface area contributed by atoms with Crippen LogP contribution in [0.25, 0.3) is 0 Å². The van der Waals surface area contributed by atoms with Crippen LogP contribution in [0, 0.1) is 0 Å². The second-order valence-corrected chi connectivity index (χ2v) is 3.32. The smallest absolute Gasteiger partial charge is 0.243 e. The first-order valence-corrected chi connectivity index (χ1v) is 4.86. The predicted molar refractivity (Wildman–Crippen MR) is 52.9 cm³/mol. The van der Waals surface area contributed by atoms with Crippen molar-refractivity contribution in [1.29, 1.82) is 0 Å². The van der Waals surface area contributed by atoms with Crippen LogP contribution in [0.3, 0.4) is 0 Å². The molecule has 1 saturated heterocycles. The molecule has 0 saturated carbocycles. The molecule has 2 heterocycles. The van der Waals surface area contributed by atoms with Gasteiger partial charge in [0.05, 0.1) is 6.04 Å². The average Bonchev–Trinajstić information content (AvgIpc) is 2.48. The molecular formula is C9H14N4O. The summed E-state index contributed by atoms with van der Waals surface area (Å²) < 4.78 is 1.90. The molecule has 14 heavy (non-hydrogen) atoms. The van der Waals surface area contributed by atoms with Gasteiger partial charge in [0.15, 0.2) is 0 Å². The fourth-order valence-corrected chi connectivity index (χ4v) is 1.40. The van der Waals surface area contributed by atoms with Crippen LogP contribution in [0.2, 0.25) is 0 Å². The van der Waals surface area contributed by atoms with Crippen molar-refractivity contribution in [2.45, 2.75) is 25.9 Å². The highest BCUT2D eigenvalue weighted by atomic mass is 16.2. The summed E-state index contributed by atoms with van der Waals surface area (Å²) in [6.45, 7) is 3.76. The third kappa shape index (κ3) is 1.63. The molecule has 1 unspecified atom stereocenters. The molecule has 1 aromatic heterocycles. The summed E-state index contributed by atoms with van der Waals surface area (Å²) in [6.07, 6.45) is 4.45. The third-order valence-corrected chi connectivity index (χ3v) is 2.43. The molecule has 1 atom stereocenters. The van der Waals surface area contributed by atoms with Gasteiger partial charge in [0.1, 0.15) is 0 Å². The monoisotopic (exact) mass is 194 g/mol. The standard InChI is InChI=1S/C9H14N4O/c1-2-13-6-5-11-9(13)12-8(14)7-3-4-10-7/h5-7,10H,2-4H2,1H3,(H,11,12,14). The molecule has 1 aliphatic rings. The zero-order valence-electron chi connectivity index (χ0n) is 8.16. The molecular weight excluding hydrogens is 180 g/mol. The quantitative estimate of drug-likeness (QED) is 0.722. The second kappa shape index (κ2) is 3.79. The van der Waals surface area contributed by atoms with E-state index < -0.39 is 0 Å². The highest BCUT2D eigenvalue weighted by molar-refractivity contribution is 5.94. The number of nitrogens with one attached hydrogen (secondary N) is 2. The number of anilines is 1. The van der Waals surface area contributed by atoms with Crippen LogP contribution in [0.5, 0.6) is 0 Å². The van der Waals surface area contributed by atoms with Gasteiger partial charge in [-0.1, -0.05) is 0 Å². The number of nitrogens with zero attached hydrogens (tertiary/aromatic N) is 2. The lowest BCUT2D eigenvalue weighted by Crippen LogP contribution is -2.51. The molecule has 1 amide bonds. The number of aromatic nitrogens is 2. The summed E-state index contributed by atoms with van der Waals surface area (Å²) in [5.41, 5.74) is 0. The molecule has 0 spiro atoms. The van der Waals surface area contributed by atoms with Gasteiger partial charge >= 0.3 is 0 Å². The number of aryl methyl sites for hydroxylation is 1. The van der Waals surface area contributed by atoms with Crippen LogP contribution in [0.1, 0.15) is 13.3 Å². The summed E-state index contributed by atoms with van der Waals surface area (Å²) in [7, 11) is 0. The fourth-order valence-electron chi connectivity index (χ4n) is 1.40. The number of hydrogen-bond acceptors (Lipinski definition) is 3. The molecule has 0 radical (unpaired) electrons. The second-order valence-electron chi connectivity index (χ2n) is 3.32. The van der Waals surface area contributed by atoms with Crippen molar-refractivity contribution >= 4 is 11.9 Å². The zero-order chi connectivity index (χ0) is 9.97. The van der Waals surface area contributed by atoms with E-state index in [-0.39, 0.29) is 11.9 Å². The van der Waals surface area contributed by atoms with E-state index in [0.717, 1.165) is 19.5 Å². The Hall–Kier alpha value is -1.36. The highest BCUT2D eigenvalue weighted by Gasteiger charge is 2.25. The Morgan fingerprint density at radius 1 is 1.86 bits per heavy atom. The first-order valence-electron chi connectivity index (χ1n) is 4.86. The lowest BCUT2D eigenvalue weighted by atomic mass is 10.1. The fraction of sp³-hybridized carbons (Fsp3) is 0.556. The van der Waals surface area contributed by atoms with E-state index in [1.54, 1.807) is 6.20 Å². The topological polar surface area (TPSA) is 59.0 Å². The summed E-state index contributed by atoms with van der Waals surface area (Å²) in [5, 5.41) is 5.84. The summed E-state index contributed by atoms with van der Waals surface area (Å²) in [6, 6.07) is -0.0305. The van der Waals surface area contributed by atoms with Gasteiger partial charge in [0.2, 0.25) is 11.9 Å². The summed E-state index contributed by atoms with van der Waals surface area (Å²) >= 11 is 0. The van der Waals surface area contributed by atoms with E-state index in [9.17, 15) is 4.79 Å². The molecule has 0 aromatic carbocycles. The predicted octanol–water partition coefficient (Wildman–Crippen LogP) is 0.203. The molecule has 76 valence electrons. The van der Waals surface area contributed by atoms with Crippen LogP contribution < -0.4 is 10.6 Å². The van der Waals surface area contributed by atoms with Gasteiger partial charge in [-0.3, -0.25) is 10.1 Å². The number of carbonyl (C=O) groups excluding carboxylic acids is 1. The van der Waals surface area contributed by atoms with E-state index in [1.807, 2.05) is 17.7 Å². The van der Waals surface area contributed by atoms with E-state index in [0.29, 0.717) is 5.95 Å². The molecule has 1 aliphatic heterocycles. The van der Waals surface area contributed by atoms with E-state index in [2.05, 4.69) is 15.6 Å². The van der Waals surface area contributed by atoms with Crippen LogP contribution >= 0.6 is 0 Å². The zero-order valence-corrected chi connectivity index (χ0v) is 8.16. The Kier molecular flexibility index (Phi) is 2.49. The van der Waals surface area contributed by atoms with Crippen molar-refractivity contribution in [3.05, 3.63) is 12.4 Å². The Morgan fingerprint density at radius 2 is 2.64 bits per heavy atom. The number of hydrogen-bond donors (Lipinski definition) is 2. The van der Waals surface area contributed by atoms with Gasteiger partial charge in [-0.25, -0.2) is 4.98 Å². The molecule has 0 bridgehead atoms. The van der Waals surface area contributed by atoms with Crippen LogP contribution in [0.4, 0.5) is 5.95 Å². The number of carbonyl (C=O) groups is 1. The van der Waals surface area contributed by atoms with Crippen LogP contribution in [0.15, 0.2) is 12.4 Å². The minimum Gasteiger partial charge on any atom is -0.317 e. The van der Waals surface area contributed by atoms with E-state index in [4.69, 9.17) is 0 Å². The molecule has 2 rings (SSSR count). The average molecular weight is 194 g/mol. The Balaban J connectivity index is 1.99. The molecule has 0 aliphatic carbocycles. The molecule has 5 nitrogen and oxygen atoms in total. The van der Waals surface area contributed by atoms with Gasteiger partial charge in [-0.15, -0.1) is 0 Å².